The Morgan fingerprint density at radius 3 is 2.67 bits per heavy atom. The maximum atomic E-state index is 14.4. The summed E-state index contributed by atoms with van der Waals surface area (Å²) in [6.07, 6.45) is 3.12. The van der Waals surface area contributed by atoms with Gasteiger partial charge in [-0.15, -0.1) is 0 Å². The van der Waals surface area contributed by atoms with Crippen LogP contribution in [0.5, 0.6) is 0 Å². The summed E-state index contributed by atoms with van der Waals surface area (Å²) in [5, 5.41) is 2.83. The summed E-state index contributed by atoms with van der Waals surface area (Å²) in [4.78, 5) is -0.301. The average molecular weight is 379 g/mol. The molecule has 0 aromatic heterocycles. The molecule has 0 spiro atoms. The number of nitrogens with one attached hydrogen (secondary N) is 2. The number of halogens is 2. The second-order valence-corrected chi connectivity index (χ2v) is 8.21. The van der Waals surface area contributed by atoms with Crippen molar-refractivity contribution in [2.75, 3.05) is 7.05 Å². The smallest absolute Gasteiger partial charge is 0.243 e. The number of sulfonamides is 1. The summed E-state index contributed by atoms with van der Waals surface area (Å²) in [5.74, 6) is -0.0893. The highest BCUT2D eigenvalue weighted by Gasteiger charge is 2.28. The first-order valence-electron chi connectivity index (χ1n) is 6.98. The van der Waals surface area contributed by atoms with Crippen molar-refractivity contribution in [3.8, 4) is 0 Å². The van der Waals surface area contributed by atoms with Crippen LogP contribution in [0.3, 0.4) is 0 Å². The topological polar surface area (TPSA) is 58.2 Å². The third-order valence-electron chi connectivity index (χ3n) is 3.48. The van der Waals surface area contributed by atoms with Crippen molar-refractivity contribution in [3.63, 3.8) is 0 Å². The standard InChI is InChI=1S/C14H20BrFN2O2S/c1-9(5-10-3-4-10)18-21(19,20)13-7-12(15)6-11(8-17-2)14(13)16/h6-7,9-10,17-18H,3-5,8H2,1-2H3. The largest absolute Gasteiger partial charge is 0.316 e. The van der Waals surface area contributed by atoms with Gasteiger partial charge in [-0.25, -0.2) is 17.5 Å². The van der Waals surface area contributed by atoms with Crippen LogP contribution in [0.25, 0.3) is 0 Å². The van der Waals surface area contributed by atoms with Gasteiger partial charge in [0.1, 0.15) is 10.7 Å². The Morgan fingerprint density at radius 1 is 1.43 bits per heavy atom. The number of benzene rings is 1. The molecular formula is C14H20BrFN2O2S. The van der Waals surface area contributed by atoms with E-state index in [9.17, 15) is 12.8 Å². The first-order valence-corrected chi connectivity index (χ1v) is 9.26. The molecule has 0 amide bonds. The zero-order valence-electron chi connectivity index (χ0n) is 12.1. The Kier molecular flexibility index (Phi) is 5.40. The van der Waals surface area contributed by atoms with Crippen molar-refractivity contribution < 1.29 is 12.8 Å². The first-order chi connectivity index (χ1) is 9.83. The quantitative estimate of drug-likeness (QED) is 0.766. The highest BCUT2D eigenvalue weighted by Crippen LogP contribution is 2.34. The van der Waals surface area contributed by atoms with Gasteiger partial charge in [0.25, 0.3) is 0 Å². The van der Waals surface area contributed by atoms with E-state index in [-0.39, 0.29) is 17.5 Å². The Morgan fingerprint density at radius 2 is 2.10 bits per heavy atom. The molecule has 1 aromatic rings. The first kappa shape index (κ1) is 16.9. The molecule has 1 fully saturated rings. The third-order valence-corrected chi connectivity index (χ3v) is 5.52. The van der Waals surface area contributed by atoms with Crippen molar-refractivity contribution >= 4 is 26.0 Å². The summed E-state index contributed by atoms with van der Waals surface area (Å²) >= 11 is 3.24. The summed E-state index contributed by atoms with van der Waals surface area (Å²) in [5.41, 5.74) is 0.321. The van der Waals surface area contributed by atoms with Gasteiger partial charge < -0.3 is 5.32 Å². The van der Waals surface area contributed by atoms with Crippen molar-refractivity contribution in [1.82, 2.24) is 10.0 Å². The van der Waals surface area contributed by atoms with Crippen LogP contribution in [0.4, 0.5) is 4.39 Å². The van der Waals surface area contributed by atoms with Gasteiger partial charge in [-0.3, -0.25) is 0 Å². The molecule has 0 heterocycles. The molecule has 1 aliphatic carbocycles. The highest BCUT2D eigenvalue weighted by atomic mass is 79.9. The highest BCUT2D eigenvalue weighted by molar-refractivity contribution is 9.10. The van der Waals surface area contributed by atoms with Crippen molar-refractivity contribution in [2.24, 2.45) is 5.92 Å². The number of hydrogen-bond acceptors (Lipinski definition) is 3. The SMILES string of the molecule is CNCc1cc(Br)cc(S(=O)(=O)NC(C)CC2CC2)c1F. The molecule has 118 valence electrons. The zero-order chi connectivity index (χ0) is 15.6. The number of rotatable bonds is 7. The van der Waals surface area contributed by atoms with E-state index >= 15 is 0 Å². The molecular weight excluding hydrogens is 359 g/mol. The lowest BCUT2D eigenvalue weighted by Crippen LogP contribution is -2.33. The number of hydrogen-bond donors (Lipinski definition) is 2. The van der Waals surface area contributed by atoms with Crippen LogP contribution in [0.15, 0.2) is 21.5 Å². The Hall–Kier alpha value is -0.500. The predicted molar refractivity (Wildman–Crippen MR) is 84.0 cm³/mol. The molecule has 1 atom stereocenters. The van der Waals surface area contributed by atoms with Crippen molar-refractivity contribution in [3.05, 3.63) is 28.0 Å². The van der Waals surface area contributed by atoms with Gasteiger partial charge in [-0.1, -0.05) is 28.8 Å². The molecule has 4 nitrogen and oxygen atoms in total. The van der Waals surface area contributed by atoms with Crippen LogP contribution in [0.1, 0.15) is 31.7 Å². The molecule has 21 heavy (non-hydrogen) atoms. The molecule has 0 saturated heterocycles. The molecule has 1 saturated carbocycles. The van der Waals surface area contributed by atoms with Gasteiger partial charge in [0.05, 0.1) is 0 Å². The van der Waals surface area contributed by atoms with Crippen molar-refractivity contribution in [1.29, 1.82) is 0 Å². The van der Waals surface area contributed by atoms with E-state index < -0.39 is 15.8 Å². The maximum Gasteiger partial charge on any atom is 0.243 e. The fourth-order valence-electron chi connectivity index (χ4n) is 2.36. The molecule has 0 aliphatic heterocycles. The molecule has 0 bridgehead atoms. The monoisotopic (exact) mass is 378 g/mol. The summed E-state index contributed by atoms with van der Waals surface area (Å²) in [7, 11) is -2.17. The minimum atomic E-state index is -3.85. The Bertz CT molecular complexity index is 618. The van der Waals surface area contributed by atoms with E-state index in [0.29, 0.717) is 16.0 Å². The van der Waals surface area contributed by atoms with Gasteiger partial charge in [-0.2, -0.15) is 0 Å². The Labute approximate surface area is 133 Å². The summed E-state index contributed by atoms with van der Waals surface area (Å²) in [6.45, 7) is 2.09. The molecule has 0 radical (unpaired) electrons. The van der Waals surface area contributed by atoms with Crippen LogP contribution in [-0.4, -0.2) is 21.5 Å². The van der Waals surface area contributed by atoms with Crippen molar-refractivity contribution in [2.45, 2.75) is 43.7 Å². The zero-order valence-corrected chi connectivity index (χ0v) is 14.5. The molecule has 7 heteroatoms. The lowest BCUT2D eigenvalue weighted by Gasteiger charge is -2.15. The van der Waals surface area contributed by atoms with E-state index in [1.165, 1.54) is 6.07 Å². The summed E-state index contributed by atoms with van der Waals surface area (Å²) in [6, 6.07) is 2.70. The molecule has 1 unspecified atom stereocenters. The normalized spacial score (nSPS) is 17.0. The molecule has 1 aliphatic rings. The van der Waals surface area contributed by atoms with Crippen LogP contribution in [0, 0.1) is 11.7 Å². The van der Waals surface area contributed by atoms with Gasteiger partial charge in [0.15, 0.2) is 0 Å². The minimum absolute atomic E-state index is 0.186. The lowest BCUT2D eigenvalue weighted by molar-refractivity contribution is 0.517. The van der Waals surface area contributed by atoms with Crippen LogP contribution in [-0.2, 0) is 16.6 Å². The second kappa shape index (κ2) is 6.73. The van der Waals surface area contributed by atoms with Gasteiger partial charge in [0, 0.05) is 22.6 Å². The van der Waals surface area contributed by atoms with Gasteiger partial charge in [0.2, 0.25) is 10.0 Å². The third kappa shape index (κ3) is 4.48. The molecule has 2 rings (SSSR count). The van der Waals surface area contributed by atoms with E-state index in [2.05, 4.69) is 26.0 Å². The summed E-state index contributed by atoms with van der Waals surface area (Å²) < 4.78 is 42.3. The van der Waals surface area contributed by atoms with Gasteiger partial charge in [-0.05, 0) is 38.4 Å². The predicted octanol–water partition coefficient (Wildman–Crippen LogP) is 2.77. The molecule has 2 N–H and O–H groups in total. The molecule has 1 aromatic carbocycles. The Balaban J connectivity index is 2.25. The van der Waals surface area contributed by atoms with E-state index in [4.69, 9.17) is 0 Å². The van der Waals surface area contributed by atoms with E-state index in [0.717, 1.165) is 19.3 Å². The minimum Gasteiger partial charge on any atom is -0.316 e. The van der Waals surface area contributed by atoms with Crippen LogP contribution < -0.4 is 10.0 Å². The lowest BCUT2D eigenvalue weighted by atomic mass is 10.2. The maximum absolute atomic E-state index is 14.4. The second-order valence-electron chi connectivity index (χ2n) is 5.61. The van der Waals surface area contributed by atoms with Gasteiger partial charge >= 0.3 is 0 Å². The van der Waals surface area contributed by atoms with Crippen LogP contribution >= 0.6 is 15.9 Å². The average Bonchev–Trinajstić information content (AvgIpc) is 3.16. The van der Waals surface area contributed by atoms with Crippen LogP contribution in [0.2, 0.25) is 0 Å². The fraction of sp³-hybridized carbons (Fsp3) is 0.571. The fourth-order valence-corrected chi connectivity index (χ4v) is 4.42. The van der Waals surface area contributed by atoms with E-state index in [1.54, 1.807) is 13.1 Å². The van der Waals surface area contributed by atoms with E-state index in [1.807, 2.05) is 6.92 Å².